The van der Waals surface area contributed by atoms with E-state index in [0.29, 0.717) is 10.0 Å². The van der Waals surface area contributed by atoms with Gasteiger partial charge in [-0.15, -0.1) is 11.3 Å². The number of hydrogen-bond acceptors (Lipinski definition) is 2. The highest BCUT2D eigenvalue weighted by molar-refractivity contribution is 7.07. The lowest BCUT2D eigenvalue weighted by Crippen LogP contribution is -2.10. The maximum atomic E-state index is 6.32. The van der Waals surface area contributed by atoms with Crippen LogP contribution in [0.4, 0.5) is 5.69 Å². The Morgan fingerprint density at radius 1 is 1.09 bits per heavy atom. The predicted molar refractivity (Wildman–Crippen MR) is 99.8 cm³/mol. The molecule has 0 aliphatic rings. The normalized spacial score (nSPS) is 11.9. The fourth-order valence-electron chi connectivity index (χ4n) is 2.33. The summed E-state index contributed by atoms with van der Waals surface area (Å²) >= 11 is 13.9. The first-order chi connectivity index (χ1) is 11.1. The molecular formula is C18H16Cl2N2S. The fourth-order valence-corrected chi connectivity index (χ4v) is 3.75. The van der Waals surface area contributed by atoms with Crippen molar-refractivity contribution in [2.45, 2.75) is 13.3 Å². The molecule has 3 rings (SSSR count). The van der Waals surface area contributed by atoms with Gasteiger partial charge in [-0.05, 0) is 42.3 Å². The van der Waals surface area contributed by atoms with E-state index >= 15 is 0 Å². The van der Waals surface area contributed by atoms with Gasteiger partial charge in [-0.1, -0.05) is 42.3 Å². The lowest BCUT2D eigenvalue weighted by Gasteiger charge is -2.05. The van der Waals surface area contributed by atoms with E-state index in [9.17, 15) is 0 Å². The lowest BCUT2D eigenvalue weighted by atomic mass is 10.1. The second-order valence-electron chi connectivity index (χ2n) is 5.22. The van der Waals surface area contributed by atoms with Crippen LogP contribution in [0.5, 0.6) is 0 Å². The number of nitrogens with zero attached hydrogens (tertiary/aromatic N) is 2. The number of aromatic nitrogens is 1. The molecule has 0 saturated heterocycles. The minimum atomic E-state index is 0.637. The summed E-state index contributed by atoms with van der Waals surface area (Å²) < 4.78 is 2.05. The van der Waals surface area contributed by atoms with E-state index in [1.807, 2.05) is 35.9 Å². The van der Waals surface area contributed by atoms with Crippen molar-refractivity contribution in [3.63, 3.8) is 0 Å². The molecule has 5 heteroatoms. The Balaban J connectivity index is 2.02. The maximum absolute atomic E-state index is 6.32. The number of rotatable bonds is 3. The number of hydrogen-bond donors (Lipinski definition) is 0. The van der Waals surface area contributed by atoms with Crippen LogP contribution in [0.2, 0.25) is 10.0 Å². The SMILES string of the molecule is CCc1ccc(N=c2scc(-c3ccc(Cl)cc3Cl)n2C)cc1. The standard InChI is InChI=1S/C18H16Cl2N2S/c1-3-12-4-7-14(8-5-12)21-18-22(2)17(11-23-18)15-9-6-13(19)10-16(15)20/h4-11H,3H2,1-2H3. The zero-order valence-corrected chi connectivity index (χ0v) is 15.2. The molecule has 0 bridgehead atoms. The molecule has 0 radical (unpaired) electrons. The summed E-state index contributed by atoms with van der Waals surface area (Å²) in [4.78, 5) is 5.65. The van der Waals surface area contributed by atoms with Crippen LogP contribution >= 0.6 is 34.5 Å². The highest BCUT2D eigenvalue weighted by Gasteiger charge is 2.09. The third-order valence-electron chi connectivity index (χ3n) is 3.70. The second-order valence-corrected chi connectivity index (χ2v) is 6.90. The zero-order chi connectivity index (χ0) is 16.4. The minimum absolute atomic E-state index is 0.637. The van der Waals surface area contributed by atoms with E-state index in [1.165, 1.54) is 5.56 Å². The van der Waals surface area contributed by atoms with Gasteiger partial charge in [0, 0.05) is 23.0 Å². The second kappa shape index (κ2) is 6.91. The Kier molecular flexibility index (Phi) is 4.90. The van der Waals surface area contributed by atoms with Crippen LogP contribution in [0.25, 0.3) is 11.3 Å². The summed E-state index contributed by atoms with van der Waals surface area (Å²) in [6.07, 6.45) is 1.03. The van der Waals surface area contributed by atoms with E-state index in [4.69, 9.17) is 28.2 Å². The molecule has 0 atom stereocenters. The summed E-state index contributed by atoms with van der Waals surface area (Å²) in [5.41, 5.74) is 4.25. The highest BCUT2D eigenvalue weighted by Crippen LogP contribution is 2.30. The molecule has 0 unspecified atom stereocenters. The number of benzene rings is 2. The largest absolute Gasteiger partial charge is 0.319 e. The molecule has 1 heterocycles. The van der Waals surface area contributed by atoms with Crippen molar-refractivity contribution in [3.05, 3.63) is 68.3 Å². The van der Waals surface area contributed by atoms with Crippen molar-refractivity contribution in [3.8, 4) is 11.3 Å². The lowest BCUT2D eigenvalue weighted by molar-refractivity contribution is 0.883. The van der Waals surface area contributed by atoms with Crippen molar-refractivity contribution in [1.29, 1.82) is 0 Å². The molecule has 0 aliphatic carbocycles. The molecule has 0 saturated carbocycles. The molecule has 2 nitrogen and oxygen atoms in total. The Bertz CT molecular complexity index is 892. The van der Waals surface area contributed by atoms with Crippen molar-refractivity contribution < 1.29 is 0 Å². The van der Waals surface area contributed by atoms with Gasteiger partial charge in [0.2, 0.25) is 0 Å². The van der Waals surface area contributed by atoms with Crippen LogP contribution in [0.3, 0.4) is 0 Å². The molecule has 0 N–H and O–H groups in total. The van der Waals surface area contributed by atoms with Crippen LogP contribution in [0.15, 0.2) is 52.8 Å². The van der Waals surface area contributed by atoms with Crippen LogP contribution in [-0.4, -0.2) is 4.57 Å². The van der Waals surface area contributed by atoms with Crippen LogP contribution in [0.1, 0.15) is 12.5 Å². The Morgan fingerprint density at radius 2 is 1.83 bits per heavy atom. The van der Waals surface area contributed by atoms with E-state index in [1.54, 1.807) is 17.4 Å². The van der Waals surface area contributed by atoms with Gasteiger partial charge in [-0.25, -0.2) is 4.99 Å². The third kappa shape index (κ3) is 3.52. The Labute approximate surface area is 149 Å². The monoisotopic (exact) mass is 362 g/mol. The topological polar surface area (TPSA) is 17.3 Å². The summed E-state index contributed by atoms with van der Waals surface area (Å²) in [5.74, 6) is 0. The average Bonchev–Trinajstić information content (AvgIpc) is 2.89. The van der Waals surface area contributed by atoms with Crippen molar-refractivity contribution in [2.75, 3.05) is 0 Å². The molecule has 23 heavy (non-hydrogen) atoms. The molecule has 0 aliphatic heterocycles. The van der Waals surface area contributed by atoms with Crippen LogP contribution in [-0.2, 0) is 13.5 Å². The summed E-state index contributed by atoms with van der Waals surface area (Å²) in [6.45, 7) is 2.15. The van der Waals surface area contributed by atoms with Gasteiger partial charge in [-0.3, -0.25) is 0 Å². The van der Waals surface area contributed by atoms with Gasteiger partial charge >= 0.3 is 0 Å². The molecule has 0 amide bonds. The molecular weight excluding hydrogens is 347 g/mol. The first-order valence-electron chi connectivity index (χ1n) is 7.32. The quantitative estimate of drug-likeness (QED) is 0.555. The number of aryl methyl sites for hydroxylation is 1. The van der Waals surface area contributed by atoms with Crippen molar-refractivity contribution >= 4 is 40.2 Å². The highest BCUT2D eigenvalue weighted by atomic mass is 35.5. The fraction of sp³-hybridized carbons (Fsp3) is 0.167. The van der Waals surface area contributed by atoms with Gasteiger partial charge in [0.15, 0.2) is 4.80 Å². The molecule has 0 spiro atoms. The molecule has 0 fully saturated rings. The predicted octanol–water partition coefficient (Wildman–Crippen LogP) is 5.86. The summed E-state index contributed by atoms with van der Waals surface area (Å²) in [5, 5.41) is 3.34. The average molecular weight is 363 g/mol. The summed E-state index contributed by atoms with van der Waals surface area (Å²) in [6, 6.07) is 13.9. The van der Waals surface area contributed by atoms with E-state index in [0.717, 1.165) is 28.2 Å². The Morgan fingerprint density at radius 3 is 2.48 bits per heavy atom. The zero-order valence-electron chi connectivity index (χ0n) is 12.9. The number of thiazole rings is 1. The minimum Gasteiger partial charge on any atom is -0.319 e. The van der Waals surface area contributed by atoms with Gasteiger partial charge in [-0.2, -0.15) is 0 Å². The van der Waals surface area contributed by atoms with E-state index in [-0.39, 0.29) is 0 Å². The van der Waals surface area contributed by atoms with Gasteiger partial charge < -0.3 is 4.57 Å². The molecule has 3 aromatic rings. The van der Waals surface area contributed by atoms with Gasteiger partial charge in [0.1, 0.15) is 0 Å². The van der Waals surface area contributed by atoms with Gasteiger partial charge in [0.25, 0.3) is 0 Å². The Hall–Kier alpha value is -1.55. The van der Waals surface area contributed by atoms with Crippen LogP contribution < -0.4 is 4.80 Å². The van der Waals surface area contributed by atoms with E-state index < -0.39 is 0 Å². The van der Waals surface area contributed by atoms with Crippen molar-refractivity contribution in [1.82, 2.24) is 4.57 Å². The van der Waals surface area contributed by atoms with E-state index in [2.05, 4.69) is 24.4 Å². The number of halogens is 2. The van der Waals surface area contributed by atoms with Gasteiger partial charge in [0.05, 0.1) is 16.4 Å². The third-order valence-corrected chi connectivity index (χ3v) is 5.17. The molecule has 118 valence electrons. The van der Waals surface area contributed by atoms with Crippen molar-refractivity contribution in [2.24, 2.45) is 12.0 Å². The first kappa shape index (κ1) is 16.3. The van der Waals surface area contributed by atoms with Crippen LogP contribution in [0, 0.1) is 0 Å². The molecule has 2 aromatic carbocycles. The first-order valence-corrected chi connectivity index (χ1v) is 8.95. The smallest absolute Gasteiger partial charge is 0.190 e. The maximum Gasteiger partial charge on any atom is 0.190 e. The summed E-state index contributed by atoms with van der Waals surface area (Å²) in [7, 11) is 2.00. The molecule has 1 aromatic heterocycles.